The predicted octanol–water partition coefficient (Wildman–Crippen LogP) is 0.603. The molecular weight excluding hydrogens is 338 g/mol. The van der Waals surface area contributed by atoms with Gasteiger partial charge in [-0.15, -0.1) is 0 Å². The summed E-state index contributed by atoms with van der Waals surface area (Å²) in [7, 11) is 0. The van der Waals surface area contributed by atoms with Gasteiger partial charge in [-0.2, -0.15) is 0 Å². The van der Waals surface area contributed by atoms with Gasteiger partial charge in [0.05, 0.1) is 19.6 Å². The van der Waals surface area contributed by atoms with Crippen LogP contribution in [0.15, 0.2) is 91.0 Å². The maximum Gasteiger partial charge on any atom is 0.0812 e. The van der Waals surface area contributed by atoms with Crippen LogP contribution in [0.2, 0.25) is 0 Å². The zero-order chi connectivity index (χ0) is 17.2. The normalized spacial score (nSPS) is 10.5. The Labute approximate surface area is 164 Å². The first-order chi connectivity index (χ1) is 12.4. The van der Waals surface area contributed by atoms with Crippen LogP contribution in [0.25, 0.3) is 0 Å². The molecule has 0 spiro atoms. The van der Waals surface area contributed by atoms with E-state index in [-0.39, 0.29) is 12.4 Å². The van der Waals surface area contributed by atoms with Crippen molar-refractivity contribution in [3.63, 3.8) is 0 Å². The lowest BCUT2D eigenvalue weighted by atomic mass is 10.1. The van der Waals surface area contributed by atoms with Crippen molar-refractivity contribution in [1.82, 2.24) is 0 Å². The highest BCUT2D eigenvalue weighted by atomic mass is 35.5. The Kier molecular flexibility index (Phi) is 8.95. The molecule has 0 bridgehead atoms. The average molecular weight is 366 g/mol. The van der Waals surface area contributed by atoms with E-state index in [9.17, 15) is 0 Å². The van der Waals surface area contributed by atoms with Crippen LogP contribution in [-0.2, 0) is 19.3 Å². The van der Waals surface area contributed by atoms with E-state index in [1.165, 1.54) is 36.3 Å². The molecule has 0 unspecified atom stereocenters. The second-order valence-corrected chi connectivity index (χ2v) is 6.71. The van der Waals surface area contributed by atoms with Crippen molar-refractivity contribution in [2.45, 2.75) is 19.3 Å². The lowest BCUT2D eigenvalue weighted by Crippen LogP contribution is -3.12. The van der Waals surface area contributed by atoms with E-state index < -0.39 is 0 Å². The van der Waals surface area contributed by atoms with Gasteiger partial charge in [-0.05, 0) is 16.7 Å². The molecule has 26 heavy (non-hydrogen) atoms. The van der Waals surface area contributed by atoms with Gasteiger partial charge >= 0.3 is 0 Å². The first-order valence-corrected chi connectivity index (χ1v) is 9.35. The molecule has 3 aromatic rings. The zero-order valence-electron chi connectivity index (χ0n) is 15.3. The summed E-state index contributed by atoms with van der Waals surface area (Å²) in [5.74, 6) is 0. The SMILES string of the molecule is [Cl-].c1ccc(CC[NH+](CCc2ccccc2)CCc2ccccc2)cc1. The third-order valence-electron chi connectivity index (χ3n) is 4.83. The Morgan fingerprint density at radius 1 is 0.423 bits per heavy atom. The van der Waals surface area contributed by atoms with Crippen LogP contribution < -0.4 is 17.3 Å². The summed E-state index contributed by atoms with van der Waals surface area (Å²) in [6, 6.07) is 32.6. The van der Waals surface area contributed by atoms with Crippen LogP contribution in [0.1, 0.15) is 16.7 Å². The van der Waals surface area contributed by atoms with Gasteiger partial charge in [-0.3, -0.25) is 0 Å². The molecule has 136 valence electrons. The summed E-state index contributed by atoms with van der Waals surface area (Å²) in [5, 5.41) is 0. The van der Waals surface area contributed by atoms with E-state index in [1.54, 1.807) is 4.90 Å². The first-order valence-electron chi connectivity index (χ1n) is 9.35. The Morgan fingerprint density at radius 3 is 0.962 bits per heavy atom. The third-order valence-corrected chi connectivity index (χ3v) is 4.83. The minimum atomic E-state index is 0. The lowest BCUT2D eigenvalue weighted by Gasteiger charge is -2.20. The summed E-state index contributed by atoms with van der Waals surface area (Å²) < 4.78 is 0. The van der Waals surface area contributed by atoms with E-state index in [0.29, 0.717) is 0 Å². The number of quaternary nitrogens is 1. The van der Waals surface area contributed by atoms with Crippen LogP contribution >= 0.6 is 0 Å². The van der Waals surface area contributed by atoms with Gasteiger partial charge in [-0.1, -0.05) is 91.0 Å². The van der Waals surface area contributed by atoms with Crippen molar-refractivity contribution in [2.75, 3.05) is 19.6 Å². The molecule has 0 fully saturated rings. The minimum absolute atomic E-state index is 0. The third kappa shape index (κ3) is 7.03. The molecule has 0 aromatic heterocycles. The number of rotatable bonds is 9. The van der Waals surface area contributed by atoms with E-state index in [1.807, 2.05) is 0 Å². The van der Waals surface area contributed by atoms with Crippen molar-refractivity contribution in [3.8, 4) is 0 Å². The van der Waals surface area contributed by atoms with E-state index in [4.69, 9.17) is 0 Å². The van der Waals surface area contributed by atoms with Crippen LogP contribution in [0.4, 0.5) is 0 Å². The first kappa shape index (κ1) is 20.2. The molecular formula is C24H28ClN. The highest BCUT2D eigenvalue weighted by Crippen LogP contribution is 2.00. The summed E-state index contributed by atoms with van der Waals surface area (Å²) in [6.45, 7) is 3.59. The van der Waals surface area contributed by atoms with Crippen LogP contribution in [0, 0.1) is 0 Å². The smallest absolute Gasteiger partial charge is 0.0812 e. The van der Waals surface area contributed by atoms with Crippen molar-refractivity contribution >= 4 is 0 Å². The second kappa shape index (κ2) is 11.5. The fourth-order valence-corrected chi connectivity index (χ4v) is 3.27. The minimum Gasteiger partial charge on any atom is -1.00 e. The Morgan fingerprint density at radius 2 is 0.692 bits per heavy atom. The number of hydrogen-bond acceptors (Lipinski definition) is 0. The molecule has 0 amide bonds. The number of benzene rings is 3. The molecule has 0 radical (unpaired) electrons. The van der Waals surface area contributed by atoms with Gasteiger partial charge in [0.25, 0.3) is 0 Å². The summed E-state index contributed by atoms with van der Waals surface area (Å²) >= 11 is 0. The number of halogens is 1. The van der Waals surface area contributed by atoms with Gasteiger partial charge in [-0.25, -0.2) is 0 Å². The van der Waals surface area contributed by atoms with Crippen molar-refractivity contribution in [3.05, 3.63) is 108 Å². The van der Waals surface area contributed by atoms with Gasteiger partial charge in [0.1, 0.15) is 0 Å². The van der Waals surface area contributed by atoms with E-state index in [2.05, 4.69) is 91.0 Å². The topological polar surface area (TPSA) is 4.44 Å². The largest absolute Gasteiger partial charge is 1.00 e. The molecule has 0 saturated heterocycles. The van der Waals surface area contributed by atoms with Crippen LogP contribution in [0.3, 0.4) is 0 Å². The monoisotopic (exact) mass is 365 g/mol. The maximum absolute atomic E-state index is 2.24. The Bertz CT molecular complexity index is 610. The molecule has 0 aliphatic heterocycles. The molecule has 1 N–H and O–H groups in total. The number of hydrogen-bond donors (Lipinski definition) is 1. The molecule has 0 atom stereocenters. The predicted molar refractivity (Wildman–Crippen MR) is 106 cm³/mol. The zero-order valence-corrected chi connectivity index (χ0v) is 16.0. The molecule has 0 heterocycles. The standard InChI is InChI=1S/C24H27N.ClH/c1-4-10-22(11-5-1)16-19-25(20-17-23-12-6-2-7-13-23)21-18-24-14-8-3-9-15-24;/h1-15H,16-21H2;1H. The summed E-state index contributed by atoms with van der Waals surface area (Å²) in [6.07, 6.45) is 3.46. The molecule has 3 rings (SSSR count). The molecule has 0 saturated carbocycles. The summed E-state index contributed by atoms with van der Waals surface area (Å²) in [4.78, 5) is 1.69. The van der Waals surface area contributed by atoms with E-state index in [0.717, 1.165) is 19.3 Å². The Balaban J connectivity index is 0.00000243. The average Bonchev–Trinajstić information content (AvgIpc) is 2.70. The molecule has 1 nitrogen and oxygen atoms in total. The highest BCUT2D eigenvalue weighted by Gasteiger charge is 2.10. The quantitative estimate of drug-likeness (QED) is 0.566. The molecule has 0 aliphatic carbocycles. The molecule has 3 aromatic carbocycles. The van der Waals surface area contributed by atoms with Gasteiger partial charge in [0, 0.05) is 19.3 Å². The van der Waals surface area contributed by atoms with Gasteiger partial charge < -0.3 is 17.3 Å². The second-order valence-electron chi connectivity index (χ2n) is 6.71. The summed E-state index contributed by atoms with van der Waals surface area (Å²) in [5.41, 5.74) is 4.33. The maximum atomic E-state index is 2.24. The van der Waals surface area contributed by atoms with Gasteiger partial charge in [0.2, 0.25) is 0 Å². The lowest BCUT2D eigenvalue weighted by molar-refractivity contribution is -0.899. The van der Waals surface area contributed by atoms with Crippen molar-refractivity contribution < 1.29 is 17.3 Å². The van der Waals surface area contributed by atoms with Crippen molar-refractivity contribution in [2.24, 2.45) is 0 Å². The fourth-order valence-electron chi connectivity index (χ4n) is 3.27. The molecule has 0 aliphatic rings. The highest BCUT2D eigenvalue weighted by molar-refractivity contribution is 5.16. The van der Waals surface area contributed by atoms with Crippen LogP contribution in [0.5, 0.6) is 0 Å². The van der Waals surface area contributed by atoms with Gasteiger partial charge in [0.15, 0.2) is 0 Å². The fraction of sp³-hybridized carbons (Fsp3) is 0.250. The van der Waals surface area contributed by atoms with E-state index >= 15 is 0 Å². The van der Waals surface area contributed by atoms with Crippen molar-refractivity contribution in [1.29, 1.82) is 0 Å². The van der Waals surface area contributed by atoms with Crippen LogP contribution in [-0.4, -0.2) is 19.6 Å². The molecule has 2 heteroatoms. The number of nitrogens with one attached hydrogen (secondary N) is 1. The Hall–Kier alpha value is -2.09.